The van der Waals surface area contributed by atoms with E-state index in [1.54, 1.807) is 31.6 Å². The topological polar surface area (TPSA) is 89.2 Å². The van der Waals surface area contributed by atoms with Crippen LogP contribution >= 0.6 is 11.6 Å². The van der Waals surface area contributed by atoms with Crippen LogP contribution in [0.5, 0.6) is 5.75 Å². The van der Waals surface area contributed by atoms with Gasteiger partial charge in [0.2, 0.25) is 0 Å². The molecule has 0 amide bonds. The predicted octanol–water partition coefficient (Wildman–Crippen LogP) is 4.46. The highest BCUT2D eigenvalue weighted by atomic mass is 35.5. The van der Waals surface area contributed by atoms with E-state index in [4.69, 9.17) is 22.1 Å². The lowest BCUT2D eigenvalue weighted by Gasteiger charge is -2.18. The molecular formula is C24H22ClF3N5O2+. The number of benzene rings is 2. The van der Waals surface area contributed by atoms with Gasteiger partial charge in [0.15, 0.2) is 17.5 Å². The van der Waals surface area contributed by atoms with E-state index in [-0.39, 0.29) is 16.4 Å². The van der Waals surface area contributed by atoms with Crippen molar-refractivity contribution in [2.24, 2.45) is 0 Å². The Kier molecular flexibility index (Phi) is 6.86. The van der Waals surface area contributed by atoms with Crippen LogP contribution in [0.25, 0.3) is 5.69 Å². The zero-order valence-electron chi connectivity index (χ0n) is 18.8. The molecule has 2 aromatic carbocycles. The number of aliphatic hydroxyl groups is 1. The second-order valence-corrected chi connectivity index (χ2v) is 8.23. The van der Waals surface area contributed by atoms with Crippen molar-refractivity contribution in [1.29, 1.82) is 0 Å². The number of imidazole rings is 1. The summed E-state index contributed by atoms with van der Waals surface area (Å²) in [7, 11) is 1.54. The van der Waals surface area contributed by atoms with Crippen LogP contribution in [0.3, 0.4) is 0 Å². The van der Waals surface area contributed by atoms with Crippen molar-refractivity contribution in [3.8, 4) is 11.4 Å². The molecule has 0 bridgehead atoms. The molecule has 182 valence electrons. The molecule has 0 aliphatic rings. The van der Waals surface area contributed by atoms with Gasteiger partial charge in [-0.15, -0.1) is 0 Å². The number of hydrogen-bond acceptors (Lipinski definition) is 5. The Balaban J connectivity index is 1.71. The maximum Gasteiger partial charge on any atom is 0.297 e. The Morgan fingerprint density at radius 3 is 2.51 bits per heavy atom. The molecule has 0 fully saturated rings. The molecule has 4 aromatic rings. The first kappa shape index (κ1) is 24.4. The molecule has 11 heteroatoms. The summed E-state index contributed by atoms with van der Waals surface area (Å²) < 4.78 is 49.8. The average molecular weight is 505 g/mol. The second kappa shape index (κ2) is 9.85. The number of nitrogen functional groups attached to an aromatic ring is 1. The van der Waals surface area contributed by atoms with Crippen molar-refractivity contribution in [1.82, 2.24) is 9.55 Å². The van der Waals surface area contributed by atoms with Crippen LogP contribution in [0.4, 0.5) is 30.4 Å². The highest BCUT2D eigenvalue weighted by Crippen LogP contribution is 2.31. The molecule has 7 nitrogen and oxygen atoms in total. The normalized spacial score (nSPS) is 12.0. The van der Waals surface area contributed by atoms with Gasteiger partial charge in [-0.3, -0.25) is 5.73 Å². The van der Waals surface area contributed by atoms with E-state index >= 15 is 0 Å². The number of pyridine rings is 1. The second-order valence-electron chi connectivity index (χ2n) is 7.80. The SMILES string of the molecule is COc1cc(Nc2cc(Cl)c[n+](C(CO)c3cc(F)c(F)c(F)c3)c2N)ccc1-n1cnc(C)c1. The van der Waals surface area contributed by atoms with Crippen LogP contribution in [-0.2, 0) is 0 Å². The molecule has 4 rings (SSSR count). The van der Waals surface area contributed by atoms with Crippen LogP contribution in [0.2, 0.25) is 5.02 Å². The van der Waals surface area contributed by atoms with E-state index < -0.39 is 30.1 Å². The Morgan fingerprint density at radius 1 is 1.20 bits per heavy atom. The molecule has 0 aliphatic carbocycles. The first-order valence-corrected chi connectivity index (χ1v) is 10.8. The third kappa shape index (κ3) is 4.89. The first-order chi connectivity index (χ1) is 16.7. The standard InChI is InChI=1S/C24H21ClF3N5O2/c1-13-9-32(12-30-13)20-4-3-16(8-22(20)35-2)31-19-7-15(25)10-33(24(19)29)21(11-34)14-5-17(26)23(28)18(27)6-14/h3-10,12,21,29,31,34H,11H2,1-2H3/p+1. The van der Waals surface area contributed by atoms with Crippen molar-refractivity contribution in [2.75, 3.05) is 24.8 Å². The summed E-state index contributed by atoms with van der Waals surface area (Å²) in [6.45, 7) is 1.30. The van der Waals surface area contributed by atoms with Crippen molar-refractivity contribution < 1.29 is 27.6 Å². The van der Waals surface area contributed by atoms with Gasteiger partial charge in [0.05, 0.1) is 36.4 Å². The van der Waals surface area contributed by atoms with Gasteiger partial charge in [-0.1, -0.05) is 11.6 Å². The minimum Gasteiger partial charge on any atom is -0.494 e. The molecule has 2 heterocycles. The zero-order chi connectivity index (χ0) is 25.3. The molecule has 0 saturated heterocycles. The third-order valence-corrected chi connectivity index (χ3v) is 5.65. The molecular weight excluding hydrogens is 483 g/mol. The summed E-state index contributed by atoms with van der Waals surface area (Å²) >= 11 is 6.29. The van der Waals surface area contributed by atoms with Gasteiger partial charge < -0.3 is 19.7 Å². The van der Waals surface area contributed by atoms with E-state index in [1.807, 2.05) is 23.8 Å². The lowest BCUT2D eigenvalue weighted by molar-refractivity contribution is -0.701. The van der Waals surface area contributed by atoms with Gasteiger partial charge in [-0.25, -0.2) is 22.7 Å². The van der Waals surface area contributed by atoms with Gasteiger partial charge in [-0.2, -0.15) is 0 Å². The Bertz CT molecular complexity index is 1370. The van der Waals surface area contributed by atoms with Crippen molar-refractivity contribution in [2.45, 2.75) is 13.0 Å². The largest absolute Gasteiger partial charge is 0.494 e. The number of ether oxygens (including phenoxy) is 1. The number of rotatable bonds is 7. The van der Waals surface area contributed by atoms with Gasteiger partial charge in [-0.05, 0) is 37.3 Å². The minimum absolute atomic E-state index is 0.0181. The minimum atomic E-state index is -1.60. The van der Waals surface area contributed by atoms with E-state index in [9.17, 15) is 18.3 Å². The summed E-state index contributed by atoms with van der Waals surface area (Å²) in [6.07, 6.45) is 4.94. The number of halogens is 4. The highest BCUT2D eigenvalue weighted by Gasteiger charge is 2.26. The van der Waals surface area contributed by atoms with Gasteiger partial charge in [0, 0.05) is 23.5 Å². The van der Waals surface area contributed by atoms with Crippen molar-refractivity contribution in [3.63, 3.8) is 0 Å². The fraction of sp³-hybridized carbons (Fsp3) is 0.167. The number of aryl methyl sites for hydroxylation is 1. The van der Waals surface area contributed by atoms with Crippen LogP contribution in [0.15, 0.2) is 55.1 Å². The Morgan fingerprint density at radius 2 is 1.91 bits per heavy atom. The van der Waals surface area contributed by atoms with E-state index in [0.29, 0.717) is 17.1 Å². The highest BCUT2D eigenvalue weighted by molar-refractivity contribution is 6.30. The number of nitrogens with two attached hydrogens (primary N) is 1. The smallest absolute Gasteiger partial charge is 0.297 e. The molecule has 0 saturated carbocycles. The maximum absolute atomic E-state index is 13.8. The van der Waals surface area contributed by atoms with Crippen LogP contribution in [0.1, 0.15) is 17.3 Å². The number of nitrogens with one attached hydrogen (secondary N) is 1. The molecule has 4 N–H and O–H groups in total. The quantitative estimate of drug-likeness (QED) is 0.255. The molecule has 0 radical (unpaired) electrons. The van der Waals surface area contributed by atoms with E-state index in [1.165, 1.54) is 10.8 Å². The lowest BCUT2D eigenvalue weighted by Crippen LogP contribution is -2.45. The summed E-state index contributed by atoms with van der Waals surface area (Å²) in [5, 5.41) is 13.4. The summed E-state index contributed by atoms with van der Waals surface area (Å²) in [4.78, 5) is 4.22. The summed E-state index contributed by atoms with van der Waals surface area (Å²) in [5.41, 5.74) is 8.93. The Hall–Kier alpha value is -3.76. The zero-order valence-corrected chi connectivity index (χ0v) is 19.5. The van der Waals surface area contributed by atoms with Crippen molar-refractivity contribution in [3.05, 3.63) is 88.9 Å². The van der Waals surface area contributed by atoms with Crippen LogP contribution < -0.4 is 20.4 Å². The lowest BCUT2D eigenvalue weighted by atomic mass is 10.1. The van der Waals surface area contributed by atoms with Gasteiger partial charge in [0.25, 0.3) is 5.82 Å². The fourth-order valence-electron chi connectivity index (χ4n) is 3.75. The number of aliphatic hydroxyl groups excluding tert-OH is 1. The molecule has 0 spiro atoms. The molecule has 1 unspecified atom stereocenters. The molecule has 35 heavy (non-hydrogen) atoms. The van der Waals surface area contributed by atoms with Crippen LogP contribution in [0, 0.1) is 24.4 Å². The summed E-state index contributed by atoms with van der Waals surface area (Å²) in [6, 6.07) is 7.53. The van der Waals surface area contributed by atoms with Gasteiger partial charge in [0.1, 0.15) is 23.7 Å². The number of aromatic nitrogens is 3. The third-order valence-electron chi connectivity index (χ3n) is 5.45. The number of hydrogen-bond donors (Lipinski definition) is 3. The Labute approximate surface area is 204 Å². The first-order valence-electron chi connectivity index (χ1n) is 10.4. The monoisotopic (exact) mass is 504 g/mol. The molecule has 1 atom stereocenters. The number of nitrogens with zero attached hydrogens (tertiary/aromatic N) is 3. The fourth-order valence-corrected chi connectivity index (χ4v) is 3.96. The van der Waals surface area contributed by atoms with E-state index in [2.05, 4.69) is 10.3 Å². The van der Waals surface area contributed by atoms with E-state index in [0.717, 1.165) is 23.5 Å². The van der Waals surface area contributed by atoms with Crippen molar-refractivity contribution >= 4 is 28.8 Å². The predicted molar refractivity (Wildman–Crippen MR) is 126 cm³/mol. The average Bonchev–Trinajstić information content (AvgIpc) is 3.26. The number of methoxy groups -OCH3 is 1. The summed E-state index contributed by atoms with van der Waals surface area (Å²) in [5.74, 6) is -3.67. The molecule has 0 aliphatic heterocycles. The maximum atomic E-state index is 13.8. The van der Waals surface area contributed by atoms with Crippen LogP contribution in [-0.4, -0.2) is 28.4 Å². The van der Waals surface area contributed by atoms with Gasteiger partial charge >= 0.3 is 0 Å². The molecule has 2 aromatic heterocycles. The number of anilines is 3.